The van der Waals surface area contributed by atoms with Crippen molar-refractivity contribution in [3.8, 4) is 0 Å². The molecule has 1 saturated heterocycles. The molecule has 19 heavy (non-hydrogen) atoms. The zero-order valence-corrected chi connectivity index (χ0v) is 12.5. The first-order chi connectivity index (χ1) is 9.22. The van der Waals surface area contributed by atoms with Gasteiger partial charge in [-0.1, -0.05) is 13.8 Å². The smallest absolute Gasteiger partial charge is 0.0598 e. The molecule has 1 N–H and O–H groups in total. The zero-order valence-electron chi connectivity index (χ0n) is 12.5. The van der Waals surface area contributed by atoms with Gasteiger partial charge in [-0.05, 0) is 49.8 Å². The van der Waals surface area contributed by atoms with Crippen LogP contribution < -0.4 is 10.2 Å². The average Bonchev–Trinajstić information content (AvgIpc) is 2.65. The fourth-order valence-corrected chi connectivity index (χ4v) is 3.07. The van der Waals surface area contributed by atoms with Crippen LogP contribution in [0.25, 0.3) is 0 Å². The molecule has 1 unspecified atom stereocenters. The summed E-state index contributed by atoms with van der Waals surface area (Å²) in [7, 11) is 2.00. The number of aromatic nitrogens is 1. The highest BCUT2D eigenvalue weighted by Crippen LogP contribution is 2.28. The molecule has 3 nitrogen and oxygen atoms in total. The van der Waals surface area contributed by atoms with Crippen molar-refractivity contribution in [3.63, 3.8) is 0 Å². The van der Waals surface area contributed by atoms with E-state index in [9.17, 15) is 0 Å². The highest BCUT2D eigenvalue weighted by atomic mass is 15.1. The molecule has 1 aromatic rings. The maximum absolute atomic E-state index is 4.32. The fraction of sp³-hybridized carbons (Fsp3) is 0.688. The number of rotatable bonds is 4. The van der Waals surface area contributed by atoms with Crippen LogP contribution in [0.4, 0.5) is 5.69 Å². The molecule has 0 aliphatic carbocycles. The second-order valence-electron chi connectivity index (χ2n) is 5.96. The Hall–Kier alpha value is -1.09. The minimum absolute atomic E-state index is 0.811. The second-order valence-corrected chi connectivity index (χ2v) is 5.96. The molecule has 0 spiro atoms. The predicted octanol–water partition coefficient (Wildman–Crippen LogP) is 3.06. The third-order valence-electron chi connectivity index (χ3n) is 4.31. The number of hydrogen-bond donors (Lipinski definition) is 1. The van der Waals surface area contributed by atoms with Crippen LogP contribution >= 0.6 is 0 Å². The summed E-state index contributed by atoms with van der Waals surface area (Å²) in [5, 5.41) is 3.25. The molecule has 0 amide bonds. The van der Waals surface area contributed by atoms with Crippen LogP contribution in [0.2, 0.25) is 0 Å². The maximum Gasteiger partial charge on any atom is 0.0598 e. The molecule has 3 heteroatoms. The zero-order chi connectivity index (χ0) is 13.7. The SMILES string of the molecule is CNCc1ccncc1N1CCCC(C(C)C)CC1. The van der Waals surface area contributed by atoms with Crippen molar-refractivity contribution in [2.45, 2.75) is 39.7 Å². The van der Waals surface area contributed by atoms with Gasteiger partial charge in [0.05, 0.1) is 11.9 Å². The van der Waals surface area contributed by atoms with Gasteiger partial charge >= 0.3 is 0 Å². The van der Waals surface area contributed by atoms with Crippen molar-refractivity contribution in [1.29, 1.82) is 0 Å². The van der Waals surface area contributed by atoms with Crippen molar-refractivity contribution in [2.75, 3.05) is 25.0 Å². The fourth-order valence-electron chi connectivity index (χ4n) is 3.07. The van der Waals surface area contributed by atoms with Crippen molar-refractivity contribution in [3.05, 3.63) is 24.0 Å². The number of nitrogens with zero attached hydrogens (tertiary/aromatic N) is 2. The Balaban J connectivity index is 2.09. The third-order valence-corrected chi connectivity index (χ3v) is 4.31. The molecule has 0 radical (unpaired) electrons. The van der Waals surface area contributed by atoms with E-state index in [4.69, 9.17) is 0 Å². The van der Waals surface area contributed by atoms with Gasteiger partial charge in [-0.15, -0.1) is 0 Å². The number of nitrogens with one attached hydrogen (secondary N) is 1. The van der Waals surface area contributed by atoms with Crippen LogP contribution in [-0.4, -0.2) is 25.1 Å². The lowest BCUT2D eigenvalue weighted by Gasteiger charge is -2.25. The van der Waals surface area contributed by atoms with Crippen molar-refractivity contribution >= 4 is 5.69 Å². The Labute approximate surface area is 117 Å². The van der Waals surface area contributed by atoms with Crippen LogP contribution in [0, 0.1) is 11.8 Å². The van der Waals surface area contributed by atoms with Crippen LogP contribution in [0.1, 0.15) is 38.7 Å². The summed E-state index contributed by atoms with van der Waals surface area (Å²) in [4.78, 5) is 6.85. The van der Waals surface area contributed by atoms with E-state index >= 15 is 0 Å². The van der Waals surface area contributed by atoms with E-state index in [0.717, 1.165) is 18.4 Å². The highest BCUT2D eigenvalue weighted by Gasteiger charge is 2.20. The first-order valence-corrected chi connectivity index (χ1v) is 7.54. The predicted molar refractivity (Wildman–Crippen MR) is 81.4 cm³/mol. The highest BCUT2D eigenvalue weighted by molar-refractivity contribution is 5.51. The van der Waals surface area contributed by atoms with E-state index < -0.39 is 0 Å². The van der Waals surface area contributed by atoms with Crippen molar-refractivity contribution < 1.29 is 0 Å². The molecule has 0 saturated carbocycles. The number of hydrogen-bond acceptors (Lipinski definition) is 3. The van der Waals surface area contributed by atoms with Gasteiger partial charge in [0.15, 0.2) is 0 Å². The molecule has 0 bridgehead atoms. The van der Waals surface area contributed by atoms with E-state index in [1.54, 1.807) is 0 Å². The minimum atomic E-state index is 0.811. The van der Waals surface area contributed by atoms with Gasteiger partial charge < -0.3 is 10.2 Å². The van der Waals surface area contributed by atoms with Gasteiger partial charge in [-0.25, -0.2) is 0 Å². The van der Waals surface area contributed by atoms with Gasteiger partial charge in [-0.3, -0.25) is 4.98 Å². The van der Waals surface area contributed by atoms with Crippen LogP contribution in [0.5, 0.6) is 0 Å². The Kier molecular flexibility index (Phi) is 5.20. The second kappa shape index (κ2) is 6.90. The van der Waals surface area contributed by atoms with Crippen LogP contribution in [0.15, 0.2) is 18.5 Å². The molecular weight excluding hydrogens is 234 g/mol. The molecular formula is C16H27N3. The summed E-state index contributed by atoms with van der Waals surface area (Å²) in [5.41, 5.74) is 2.68. The van der Waals surface area contributed by atoms with Gasteiger partial charge in [0.1, 0.15) is 0 Å². The molecule has 1 atom stereocenters. The molecule has 2 heterocycles. The standard InChI is InChI=1S/C16H27N3/c1-13(2)14-5-4-9-19(10-7-14)16-12-18-8-6-15(16)11-17-3/h6,8,12-14,17H,4-5,7,9-11H2,1-3H3. The van der Waals surface area contributed by atoms with Gasteiger partial charge in [-0.2, -0.15) is 0 Å². The van der Waals surface area contributed by atoms with E-state index in [-0.39, 0.29) is 0 Å². The average molecular weight is 261 g/mol. The van der Waals surface area contributed by atoms with E-state index in [2.05, 4.69) is 35.1 Å². The summed E-state index contributed by atoms with van der Waals surface area (Å²) in [5.74, 6) is 1.69. The Bertz CT molecular complexity index is 389. The molecule has 1 aliphatic rings. The molecule has 1 aliphatic heterocycles. The molecule has 2 rings (SSSR count). The number of anilines is 1. The summed E-state index contributed by atoms with van der Waals surface area (Å²) < 4.78 is 0. The van der Waals surface area contributed by atoms with E-state index in [0.29, 0.717) is 0 Å². The Morgan fingerprint density at radius 3 is 2.95 bits per heavy atom. The van der Waals surface area contributed by atoms with Gasteiger partial charge in [0, 0.05) is 25.8 Å². The molecule has 1 fully saturated rings. The quantitative estimate of drug-likeness (QED) is 0.903. The normalized spacial score (nSPS) is 20.6. The Morgan fingerprint density at radius 2 is 2.21 bits per heavy atom. The van der Waals surface area contributed by atoms with Crippen molar-refractivity contribution in [1.82, 2.24) is 10.3 Å². The first kappa shape index (κ1) is 14.3. The monoisotopic (exact) mass is 261 g/mol. The van der Waals surface area contributed by atoms with Crippen LogP contribution in [-0.2, 0) is 6.54 Å². The molecule has 0 aromatic carbocycles. The van der Waals surface area contributed by atoms with E-state index in [1.807, 2.05) is 19.4 Å². The third kappa shape index (κ3) is 3.69. The maximum atomic E-state index is 4.32. The Morgan fingerprint density at radius 1 is 1.37 bits per heavy atom. The molecule has 106 valence electrons. The van der Waals surface area contributed by atoms with Gasteiger partial charge in [0.25, 0.3) is 0 Å². The van der Waals surface area contributed by atoms with Gasteiger partial charge in [0.2, 0.25) is 0 Å². The lowest BCUT2D eigenvalue weighted by atomic mass is 9.89. The lowest BCUT2D eigenvalue weighted by Crippen LogP contribution is -2.26. The largest absolute Gasteiger partial charge is 0.370 e. The number of pyridine rings is 1. The summed E-state index contributed by atoms with van der Waals surface area (Å²) in [6.07, 6.45) is 7.91. The summed E-state index contributed by atoms with van der Waals surface area (Å²) in [6.45, 7) is 7.98. The molecule has 1 aromatic heterocycles. The topological polar surface area (TPSA) is 28.2 Å². The van der Waals surface area contributed by atoms with E-state index in [1.165, 1.54) is 43.6 Å². The van der Waals surface area contributed by atoms with Crippen LogP contribution in [0.3, 0.4) is 0 Å². The van der Waals surface area contributed by atoms with Crippen molar-refractivity contribution in [2.24, 2.45) is 11.8 Å². The first-order valence-electron chi connectivity index (χ1n) is 7.54. The lowest BCUT2D eigenvalue weighted by molar-refractivity contribution is 0.351. The summed E-state index contributed by atoms with van der Waals surface area (Å²) >= 11 is 0. The minimum Gasteiger partial charge on any atom is -0.370 e. The summed E-state index contributed by atoms with van der Waals surface area (Å²) in [6, 6.07) is 2.14.